The van der Waals surface area contributed by atoms with Gasteiger partial charge >= 0.3 is 0 Å². The SMILES string of the molecule is COCCN1CC(C)CN(C)CC1CN. The predicted octanol–water partition coefficient (Wildman–Crippen LogP) is -0.156. The van der Waals surface area contributed by atoms with Crippen LogP contribution in [0.1, 0.15) is 6.92 Å². The number of hydrogen-bond donors (Lipinski definition) is 1. The lowest BCUT2D eigenvalue weighted by atomic mass is 10.1. The van der Waals surface area contributed by atoms with E-state index in [9.17, 15) is 0 Å². The number of nitrogens with two attached hydrogens (primary N) is 1. The highest BCUT2D eigenvalue weighted by Crippen LogP contribution is 2.12. The van der Waals surface area contributed by atoms with Crippen LogP contribution in [-0.4, -0.2) is 69.3 Å². The Kier molecular flexibility index (Phi) is 5.53. The van der Waals surface area contributed by atoms with Crippen LogP contribution in [0.5, 0.6) is 0 Å². The second kappa shape index (κ2) is 6.43. The first-order chi connectivity index (χ1) is 7.17. The molecule has 4 nitrogen and oxygen atoms in total. The van der Waals surface area contributed by atoms with E-state index in [-0.39, 0.29) is 0 Å². The van der Waals surface area contributed by atoms with Crippen LogP contribution >= 0.6 is 0 Å². The first kappa shape index (κ1) is 12.9. The van der Waals surface area contributed by atoms with Gasteiger partial charge in [-0.3, -0.25) is 4.90 Å². The highest BCUT2D eigenvalue weighted by Gasteiger charge is 2.25. The lowest BCUT2D eigenvalue weighted by Crippen LogP contribution is -2.46. The van der Waals surface area contributed by atoms with Gasteiger partial charge in [-0.25, -0.2) is 0 Å². The summed E-state index contributed by atoms with van der Waals surface area (Å²) in [5, 5.41) is 0. The summed E-state index contributed by atoms with van der Waals surface area (Å²) >= 11 is 0. The molecule has 1 fully saturated rings. The summed E-state index contributed by atoms with van der Waals surface area (Å²) in [4.78, 5) is 4.85. The Hall–Kier alpha value is -0.160. The fourth-order valence-electron chi connectivity index (χ4n) is 2.39. The molecule has 4 heteroatoms. The lowest BCUT2D eigenvalue weighted by Gasteiger charge is -2.30. The van der Waals surface area contributed by atoms with Crippen molar-refractivity contribution in [2.24, 2.45) is 11.7 Å². The van der Waals surface area contributed by atoms with Crippen molar-refractivity contribution in [2.45, 2.75) is 13.0 Å². The fourth-order valence-corrected chi connectivity index (χ4v) is 2.39. The van der Waals surface area contributed by atoms with Gasteiger partial charge in [0, 0.05) is 45.9 Å². The average molecular weight is 215 g/mol. The fraction of sp³-hybridized carbons (Fsp3) is 1.00. The van der Waals surface area contributed by atoms with Crippen LogP contribution in [0.15, 0.2) is 0 Å². The Morgan fingerprint density at radius 2 is 2.07 bits per heavy atom. The van der Waals surface area contributed by atoms with Gasteiger partial charge in [-0.05, 0) is 13.0 Å². The summed E-state index contributed by atoms with van der Waals surface area (Å²) in [5.41, 5.74) is 5.83. The minimum atomic E-state index is 0.482. The third-order valence-corrected chi connectivity index (χ3v) is 3.06. The molecule has 0 aliphatic carbocycles. The Morgan fingerprint density at radius 3 is 2.67 bits per heavy atom. The maximum atomic E-state index is 5.83. The molecule has 0 aromatic rings. The number of nitrogens with zero attached hydrogens (tertiary/aromatic N) is 2. The first-order valence-corrected chi connectivity index (χ1v) is 5.79. The minimum absolute atomic E-state index is 0.482. The van der Waals surface area contributed by atoms with Crippen LogP contribution in [0.2, 0.25) is 0 Å². The molecule has 0 radical (unpaired) electrons. The van der Waals surface area contributed by atoms with Gasteiger partial charge < -0.3 is 15.4 Å². The molecular formula is C11H25N3O. The number of ether oxygens (including phenoxy) is 1. The number of rotatable bonds is 4. The van der Waals surface area contributed by atoms with Crippen molar-refractivity contribution >= 4 is 0 Å². The quantitative estimate of drug-likeness (QED) is 0.708. The summed E-state index contributed by atoms with van der Waals surface area (Å²) in [6.45, 7) is 8.21. The summed E-state index contributed by atoms with van der Waals surface area (Å²) in [6.07, 6.45) is 0. The molecule has 0 aromatic heterocycles. The van der Waals surface area contributed by atoms with Crippen molar-refractivity contribution in [2.75, 3.05) is 53.5 Å². The number of likely N-dealkylation sites (N-methyl/N-ethyl adjacent to an activating group) is 1. The molecule has 0 bridgehead atoms. The molecule has 0 amide bonds. The maximum absolute atomic E-state index is 5.83. The Morgan fingerprint density at radius 1 is 1.33 bits per heavy atom. The van der Waals surface area contributed by atoms with Crippen LogP contribution in [0.4, 0.5) is 0 Å². The van der Waals surface area contributed by atoms with Gasteiger partial charge in [0.05, 0.1) is 6.61 Å². The van der Waals surface area contributed by atoms with Gasteiger partial charge in [-0.2, -0.15) is 0 Å². The average Bonchev–Trinajstić information content (AvgIpc) is 2.33. The standard InChI is InChI=1S/C11H25N3O/c1-10-7-13(2)9-11(6-12)14(8-10)4-5-15-3/h10-11H,4-9,12H2,1-3H3. The third kappa shape index (κ3) is 4.07. The Bertz CT molecular complexity index is 177. The zero-order valence-corrected chi connectivity index (χ0v) is 10.3. The van der Waals surface area contributed by atoms with Crippen molar-refractivity contribution in [3.05, 3.63) is 0 Å². The van der Waals surface area contributed by atoms with Crippen molar-refractivity contribution in [3.8, 4) is 0 Å². The third-order valence-electron chi connectivity index (χ3n) is 3.06. The molecule has 1 saturated heterocycles. The molecule has 0 aromatic carbocycles. The minimum Gasteiger partial charge on any atom is -0.383 e. The van der Waals surface area contributed by atoms with E-state index in [0.29, 0.717) is 12.0 Å². The Balaban J connectivity index is 2.54. The lowest BCUT2D eigenvalue weighted by molar-refractivity contribution is 0.117. The van der Waals surface area contributed by atoms with Crippen LogP contribution < -0.4 is 5.73 Å². The molecule has 90 valence electrons. The van der Waals surface area contributed by atoms with E-state index in [1.165, 1.54) is 6.54 Å². The molecule has 0 spiro atoms. The van der Waals surface area contributed by atoms with E-state index in [1.54, 1.807) is 7.11 Å². The summed E-state index contributed by atoms with van der Waals surface area (Å²) in [6, 6.07) is 0.482. The second-order valence-corrected chi connectivity index (χ2v) is 4.70. The normalized spacial score (nSPS) is 30.4. The number of hydrogen-bond acceptors (Lipinski definition) is 4. The van der Waals surface area contributed by atoms with Crippen LogP contribution in [-0.2, 0) is 4.74 Å². The highest BCUT2D eigenvalue weighted by atomic mass is 16.5. The summed E-state index contributed by atoms with van der Waals surface area (Å²) in [5.74, 6) is 0.711. The molecule has 2 unspecified atom stereocenters. The van der Waals surface area contributed by atoms with E-state index >= 15 is 0 Å². The summed E-state index contributed by atoms with van der Waals surface area (Å²) < 4.78 is 5.14. The van der Waals surface area contributed by atoms with E-state index in [2.05, 4.69) is 23.8 Å². The highest BCUT2D eigenvalue weighted by molar-refractivity contribution is 4.81. The van der Waals surface area contributed by atoms with E-state index < -0.39 is 0 Å². The first-order valence-electron chi connectivity index (χ1n) is 5.79. The van der Waals surface area contributed by atoms with Gasteiger partial charge in [-0.15, -0.1) is 0 Å². The van der Waals surface area contributed by atoms with Crippen LogP contribution in [0, 0.1) is 5.92 Å². The molecule has 0 saturated carbocycles. The summed E-state index contributed by atoms with van der Waals surface area (Å²) in [7, 11) is 3.93. The molecule has 2 atom stereocenters. The van der Waals surface area contributed by atoms with E-state index in [0.717, 1.165) is 32.8 Å². The molecule has 2 N–H and O–H groups in total. The predicted molar refractivity (Wildman–Crippen MR) is 63.0 cm³/mol. The smallest absolute Gasteiger partial charge is 0.0589 e. The van der Waals surface area contributed by atoms with Gasteiger partial charge in [0.25, 0.3) is 0 Å². The van der Waals surface area contributed by atoms with Gasteiger partial charge in [0.2, 0.25) is 0 Å². The molecule has 15 heavy (non-hydrogen) atoms. The Labute approximate surface area is 93.4 Å². The van der Waals surface area contributed by atoms with Crippen molar-refractivity contribution in [3.63, 3.8) is 0 Å². The van der Waals surface area contributed by atoms with Crippen LogP contribution in [0.25, 0.3) is 0 Å². The van der Waals surface area contributed by atoms with Gasteiger partial charge in [-0.1, -0.05) is 6.92 Å². The van der Waals surface area contributed by atoms with Gasteiger partial charge in [0.1, 0.15) is 0 Å². The molecule has 1 rings (SSSR count). The zero-order valence-electron chi connectivity index (χ0n) is 10.3. The van der Waals surface area contributed by atoms with E-state index in [1.807, 2.05) is 0 Å². The van der Waals surface area contributed by atoms with Gasteiger partial charge in [0.15, 0.2) is 0 Å². The topological polar surface area (TPSA) is 41.7 Å². The molecule has 1 aliphatic rings. The monoisotopic (exact) mass is 215 g/mol. The van der Waals surface area contributed by atoms with E-state index in [4.69, 9.17) is 10.5 Å². The second-order valence-electron chi connectivity index (χ2n) is 4.70. The van der Waals surface area contributed by atoms with Crippen LogP contribution in [0.3, 0.4) is 0 Å². The molecule has 1 aliphatic heterocycles. The molecular weight excluding hydrogens is 190 g/mol. The largest absolute Gasteiger partial charge is 0.383 e. The number of methoxy groups -OCH3 is 1. The van der Waals surface area contributed by atoms with Crippen molar-refractivity contribution in [1.29, 1.82) is 0 Å². The maximum Gasteiger partial charge on any atom is 0.0589 e. The molecule has 1 heterocycles. The van der Waals surface area contributed by atoms with Crippen molar-refractivity contribution < 1.29 is 4.74 Å². The van der Waals surface area contributed by atoms with Crippen molar-refractivity contribution in [1.82, 2.24) is 9.80 Å². The zero-order chi connectivity index (χ0) is 11.3.